The Morgan fingerprint density at radius 3 is 2.30 bits per heavy atom. The predicted octanol–water partition coefficient (Wildman–Crippen LogP) is 10.2. The lowest BCUT2D eigenvalue weighted by molar-refractivity contribution is 0.289. The van der Waals surface area contributed by atoms with E-state index in [1.807, 2.05) is 38.1 Å². The second-order valence-electron chi connectivity index (χ2n) is 9.73. The van der Waals surface area contributed by atoms with Crippen molar-refractivity contribution in [3.8, 4) is 28.0 Å². The van der Waals surface area contributed by atoms with E-state index in [1.165, 1.54) is 18.6 Å². The molecular weight excluding hydrogens is 469 g/mol. The van der Waals surface area contributed by atoms with Crippen LogP contribution in [-0.4, -0.2) is 6.61 Å². The highest BCUT2D eigenvalue weighted by molar-refractivity contribution is 5.74. The van der Waals surface area contributed by atoms with Crippen LogP contribution in [0.2, 0.25) is 0 Å². The number of unbranched alkanes of at least 4 members (excludes halogenated alkanes) is 1. The first-order valence-corrected chi connectivity index (χ1v) is 13.3. The molecule has 1 unspecified atom stereocenters. The zero-order valence-electron chi connectivity index (χ0n) is 21.7. The molecule has 0 N–H and O–H groups in total. The van der Waals surface area contributed by atoms with E-state index in [0.29, 0.717) is 23.7 Å². The van der Waals surface area contributed by atoms with Crippen molar-refractivity contribution in [3.63, 3.8) is 0 Å². The maximum Gasteiger partial charge on any atom is 0.201 e. The number of halogens is 3. The van der Waals surface area contributed by atoms with E-state index in [2.05, 4.69) is 18.2 Å². The molecule has 0 aromatic heterocycles. The third-order valence-electron chi connectivity index (χ3n) is 7.14. The molecule has 0 heterocycles. The van der Waals surface area contributed by atoms with Gasteiger partial charge in [-0.3, -0.25) is 0 Å². The number of hydrogen-bond acceptors (Lipinski definition) is 1. The zero-order valence-corrected chi connectivity index (χ0v) is 21.7. The Kier molecular flexibility index (Phi) is 9.27. The van der Waals surface area contributed by atoms with Gasteiger partial charge in [-0.1, -0.05) is 68.0 Å². The second-order valence-corrected chi connectivity index (χ2v) is 9.73. The normalized spacial score (nSPS) is 15.7. The fraction of sp³-hybridized carbons (Fsp3) is 0.333. The van der Waals surface area contributed by atoms with Gasteiger partial charge in [0.2, 0.25) is 5.82 Å². The van der Waals surface area contributed by atoms with Gasteiger partial charge < -0.3 is 4.74 Å². The summed E-state index contributed by atoms with van der Waals surface area (Å²) in [6.45, 7) is 4.40. The minimum atomic E-state index is -0.975. The molecule has 0 saturated heterocycles. The van der Waals surface area contributed by atoms with Crippen LogP contribution in [0.5, 0.6) is 5.75 Å². The summed E-state index contributed by atoms with van der Waals surface area (Å²) in [5.41, 5.74) is 4.04. The Hall–Kier alpha value is -3.27. The van der Waals surface area contributed by atoms with Crippen molar-refractivity contribution in [2.24, 2.45) is 5.92 Å². The van der Waals surface area contributed by atoms with E-state index in [4.69, 9.17) is 4.74 Å². The van der Waals surface area contributed by atoms with Gasteiger partial charge in [0.15, 0.2) is 11.6 Å². The summed E-state index contributed by atoms with van der Waals surface area (Å²) in [5.74, 6) is -1.53. The van der Waals surface area contributed by atoms with Crippen LogP contribution in [-0.2, 0) is 0 Å². The highest BCUT2D eigenvalue weighted by Gasteiger charge is 2.18. The van der Waals surface area contributed by atoms with Crippen molar-refractivity contribution in [1.29, 1.82) is 0 Å². The van der Waals surface area contributed by atoms with E-state index in [0.717, 1.165) is 55.2 Å². The van der Waals surface area contributed by atoms with Gasteiger partial charge in [0.1, 0.15) is 5.82 Å². The van der Waals surface area contributed by atoms with Crippen LogP contribution in [0.25, 0.3) is 27.8 Å². The molecule has 0 spiro atoms. The van der Waals surface area contributed by atoms with Gasteiger partial charge >= 0.3 is 0 Å². The Labute approximate surface area is 218 Å². The van der Waals surface area contributed by atoms with Crippen LogP contribution >= 0.6 is 0 Å². The van der Waals surface area contributed by atoms with E-state index in [-0.39, 0.29) is 17.1 Å². The van der Waals surface area contributed by atoms with Crippen LogP contribution in [0.15, 0.2) is 72.8 Å². The number of rotatable bonds is 10. The molecule has 0 radical (unpaired) electrons. The van der Waals surface area contributed by atoms with Gasteiger partial charge in [-0.25, -0.2) is 8.78 Å². The summed E-state index contributed by atoms with van der Waals surface area (Å²) >= 11 is 0. The molecule has 0 amide bonds. The number of ether oxygens (including phenoxy) is 1. The lowest BCUT2D eigenvalue weighted by atomic mass is 9.84. The first-order valence-electron chi connectivity index (χ1n) is 13.3. The number of benzene rings is 3. The molecule has 1 aliphatic carbocycles. The van der Waals surface area contributed by atoms with Gasteiger partial charge in [0, 0.05) is 11.1 Å². The van der Waals surface area contributed by atoms with Gasteiger partial charge in [0.25, 0.3) is 0 Å². The van der Waals surface area contributed by atoms with Crippen LogP contribution in [0.1, 0.15) is 64.4 Å². The quantitative estimate of drug-likeness (QED) is 0.197. The average molecular weight is 505 g/mol. The monoisotopic (exact) mass is 504 g/mol. The van der Waals surface area contributed by atoms with Crippen molar-refractivity contribution in [2.45, 2.75) is 58.8 Å². The first kappa shape index (κ1) is 26.8. The van der Waals surface area contributed by atoms with Crippen molar-refractivity contribution in [2.75, 3.05) is 6.61 Å². The topological polar surface area (TPSA) is 9.23 Å². The fourth-order valence-corrected chi connectivity index (χ4v) is 4.88. The Balaban J connectivity index is 1.46. The maximum atomic E-state index is 15.1. The lowest BCUT2D eigenvalue weighted by Crippen LogP contribution is -2.06. The van der Waals surface area contributed by atoms with Crippen molar-refractivity contribution >= 4 is 5.57 Å². The molecule has 0 saturated carbocycles. The van der Waals surface area contributed by atoms with Gasteiger partial charge in [-0.15, -0.1) is 0 Å². The summed E-state index contributed by atoms with van der Waals surface area (Å²) in [6, 6.07) is 15.4. The standard InChI is InChI=1S/C33H35F3O/c1-3-5-7-8-23-9-11-25(12-10-23)28-18-17-27(22-30(28)34)24-13-15-26(16-14-24)29-19-20-31(33(36)32(29)35)37-21-6-4-2/h3,5,11,13-20,22-23H,4,6-10,12,21H2,1-2H3. The van der Waals surface area contributed by atoms with Crippen LogP contribution in [0, 0.1) is 23.4 Å². The highest BCUT2D eigenvalue weighted by atomic mass is 19.2. The average Bonchev–Trinajstić information content (AvgIpc) is 2.92. The second kappa shape index (κ2) is 12.8. The summed E-state index contributed by atoms with van der Waals surface area (Å²) in [4.78, 5) is 0. The molecule has 4 rings (SSSR count). The lowest BCUT2D eigenvalue weighted by Gasteiger charge is -2.22. The minimum absolute atomic E-state index is 0.0702. The summed E-state index contributed by atoms with van der Waals surface area (Å²) in [7, 11) is 0. The molecule has 0 fully saturated rings. The Morgan fingerprint density at radius 1 is 0.892 bits per heavy atom. The van der Waals surface area contributed by atoms with Crippen molar-refractivity contribution in [3.05, 3.63) is 95.8 Å². The van der Waals surface area contributed by atoms with Crippen molar-refractivity contribution in [1.82, 2.24) is 0 Å². The first-order chi connectivity index (χ1) is 18.0. The minimum Gasteiger partial charge on any atom is -0.490 e. The third kappa shape index (κ3) is 6.54. The largest absolute Gasteiger partial charge is 0.490 e. The van der Waals surface area contributed by atoms with Gasteiger partial charge in [-0.05, 0) is 91.8 Å². The fourth-order valence-electron chi connectivity index (χ4n) is 4.88. The number of allylic oxidation sites excluding steroid dienone is 4. The molecule has 1 atom stereocenters. The summed E-state index contributed by atoms with van der Waals surface area (Å²) < 4.78 is 49.7. The van der Waals surface area contributed by atoms with Crippen LogP contribution in [0.4, 0.5) is 13.2 Å². The summed E-state index contributed by atoms with van der Waals surface area (Å²) in [6.07, 6.45) is 13.5. The van der Waals surface area contributed by atoms with E-state index in [9.17, 15) is 8.78 Å². The van der Waals surface area contributed by atoms with Gasteiger partial charge in [0.05, 0.1) is 6.61 Å². The van der Waals surface area contributed by atoms with Crippen LogP contribution in [0.3, 0.4) is 0 Å². The molecule has 194 valence electrons. The maximum absolute atomic E-state index is 15.1. The molecule has 3 aromatic rings. The smallest absolute Gasteiger partial charge is 0.201 e. The molecule has 4 heteroatoms. The molecule has 37 heavy (non-hydrogen) atoms. The van der Waals surface area contributed by atoms with E-state index in [1.54, 1.807) is 18.2 Å². The number of hydrogen-bond donors (Lipinski definition) is 0. The molecule has 1 nitrogen and oxygen atoms in total. The molecular formula is C33H35F3O. The van der Waals surface area contributed by atoms with Crippen molar-refractivity contribution < 1.29 is 17.9 Å². The van der Waals surface area contributed by atoms with Gasteiger partial charge in [-0.2, -0.15) is 4.39 Å². The van der Waals surface area contributed by atoms with E-state index >= 15 is 4.39 Å². The third-order valence-corrected chi connectivity index (χ3v) is 7.14. The molecule has 0 aliphatic heterocycles. The van der Waals surface area contributed by atoms with Crippen LogP contribution < -0.4 is 4.74 Å². The SMILES string of the molecule is CC=CCCC1CC=C(c2ccc(-c3ccc(-c4ccc(OCCCC)c(F)c4F)cc3)cc2F)CC1. The molecule has 1 aliphatic rings. The Morgan fingerprint density at radius 2 is 1.62 bits per heavy atom. The summed E-state index contributed by atoms with van der Waals surface area (Å²) in [5, 5.41) is 0. The Bertz CT molecular complexity index is 1260. The molecule has 3 aromatic carbocycles. The molecule has 0 bridgehead atoms. The highest BCUT2D eigenvalue weighted by Crippen LogP contribution is 2.36. The predicted molar refractivity (Wildman–Crippen MR) is 147 cm³/mol. The van der Waals surface area contributed by atoms with E-state index < -0.39 is 11.6 Å². The zero-order chi connectivity index (χ0) is 26.2.